The van der Waals surface area contributed by atoms with Crippen molar-refractivity contribution in [2.75, 3.05) is 42.9 Å². The van der Waals surface area contributed by atoms with Gasteiger partial charge in [0.2, 0.25) is 0 Å². The average Bonchev–Trinajstić information content (AvgIpc) is 2.77. The first kappa shape index (κ1) is 26.3. The third-order valence-corrected chi connectivity index (χ3v) is 5.78. The molecule has 3 rings (SSSR count). The summed E-state index contributed by atoms with van der Waals surface area (Å²) in [5.41, 5.74) is 0.0770. The van der Waals surface area contributed by atoms with Crippen LogP contribution < -0.4 is 9.96 Å². The molecule has 188 valence electrons. The Morgan fingerprint density at radius 3 is 2.29 bits per heavy atom. The SMILES string of the molecule is CC(C)(C)OCN(CCN1CCCCC1)c1c(N(O)C(=O)OC(C)(C)C)ccc2ccccc12. The molecule has 1 fully saturated rings. The summed E-state index contributed by atoms with van der Waals surface area (Å²) in [5.74, 6) is 0. The molecule has 2 aromatic rings. The van der Waals surface area contributed by atoms with Crippen molar-refractivity contribution in [1.82, 2.24) is 4.90 Å². The Labute approximate surface area is 204 Å². The highest BCUT2D eigenvalue weighted by Gasteiger charge is 2.28. The Balaban J connectivity index is 2.01. The van der Waals surface area contributed by atoms with Crippen molar-refractivity contribution in [3.05, 3.63) is 36.4 Å². The molecule has 0 aromatic heterocycles. The first-order valence-electron chi connectivity index (χ1n) is 12.3. The lowest BCUT2D eigenvalue weighted by molar-refractivity contribution is -0.00290. The molecule has 1 N–H and O–H groups in total. The lowest BCUT2D eigenvalue weighted by atomic mass is 10.1. The lowest BCUT2D eigenvalue weighted by Crippen LogP contribution is -2.41. The maximum Gasteiger partial charge on any atom is 0.439 e. The molecule has 0 bridgehead atoms. The second-order valence-corrected chi connectivity index (χ2v) is 11.0. The zero-order valence-corrected chi connectivity index (χ0v) is 21.6. The number of likely N-dealkylation sites (tertiary alicyclic amines) is 1. The monoisotopic (exact) mass is 471 g/mol. The van der Waals surface area contributed by atoms with Crippen molar-refractivity contribution in [3.8, 4) is 0 Å². The highest BCUT2D eigenvalue weighted by atomic mass is 16.6. The third kappa shape index (κ3) is 7.32. The van der Waals surface area contributed by atoms with Crippen molar-refractivity contribution < 1.29 is 19.5 Å². The fourth-order valence-electron chi connectivity index (χ4n) is 4.11. The van der Waals surface area contributed by atoms with E-state index in [1.165, 1.54) is 19.3 Å². The van der Waals surface area contributed by atoms with E-state index in [1.54, 1.807) is 26.8 Å². The standard InChI is InChI=1S/C27H41N3O4/c1-26(2,3)33-20-29(19-18-28-16-10-7-11-17-28)24-22-13-9-8-12-21(22)14-15-23(24)30(32)25(31)34-27(4,5)6/h8-9,12-15,32H,7,10-11,16-20H2,1-6H3. The van der Waals surface area contributed by atoms with Crippen LogP contribution in [0.25, 0.3) is 10.8 Å². The van der Waals surface area contributed by atoms with Gasteiger partial charge in [-0.05, 0) is 78.9 Å². The molecule has 34 heavy (non-hydrogen) atoms. The van der Waals surface area contributed by atoms with Crippen LogP contribution in [-0.4, -0.2) is 60.3 Å². The fraction of sp³-hybridized carbons (Fsp3) is 0.593. The molecule has 1 amide bonds. The number of benzene rings is 2. The molecular formula is C27H41N3O4. The summed E-state index contributed by atoms with van der Waals surface area (Å²) >= 11 is 0. The fourth-order valence-corrected chi connectivity index (χ4v) is 4.11. The summed E-state index contributed by atoms with van der Waals surface area (Å²) in [6.45, 7) is 15.5. The van der Waals surface area contributed by atoms with E-state index in [9.17, 15) is 10.0 Å². The van der Waals surface area contributed by atoms with Crippen molar-refractivity contribution in [1.29, 1.82) is 0 Å². The van der Waals surface area contributed by atoms with Crippen molar-refractivity contribution >= 4 is 28.2 Å². The molecule has 0 unspecified atom stereocenters. The van der Waals surface area contributed by atoms with Gasteiger partial charge in [0.15, 0.2) is 0 Å². The summed E-state index contributed by atoms with van der Waals surface area (Å²) in [4.78, 5) is 17.4. The maximum absolute atomic E-state index is 12.8. The van der Waals surface area contributed by atoms with Gasteiger partial charge in [0.25, 0.3) is 0 Å². The molecule has 0 aliphatic carbocycles. The highest BCUT2D eigenvalue weighted by molar-refractivity contribution is 6.04. The van der Waals surface area contributed by atoms with Gasteiger partial charge in [-0.1, -0.05) is 36.8 Å². The van der Waals surface area contributed by atoms with E-state index in [-0.39, 0.29) is 5.60 Å². The summed E-state index contributed by atoms with van der Waals surface area (Å²) in [5, 5.41) is 13.6. The Kier molecular flexibility index (Phi) is 8.44. The summed E-state index contributed by atoms with van der Waals surface area (Å²) in [6.07, 6.45) is 2.93. The smallest absolute Gasteiger partial charge is 0.439 e. The van der Waals surface area contributed by atoms with Gasteiger partial charge in [-0.25, -0.2) is 4.79 Å². The number of anilines is 2. The van der Waals surface area contributed by atoms with E-state index in [4.69, 9.17) is 9.47 Å². The van der Waals surface area contributed by atoms with E-state index >= 15 is 0 Å². The zero-order chi connectivity index (χ0) is 24.9. The third-order valence-electron chi connectivity index (χ3n) is 5.78. The Morgan fingerprint density at radius 1 is 0.971 bits per heavy atom. The number of carbonyl (C=O) groups excluding carboxylic acids is 1. The number of nitrogens with zero attached hydrogens (tertiary/aromatic N) is 3. The van der Waals surface area contributed by atoms with Crippen LogP contribution in [-0.2, 0) is 9.47 Å². The quantitative estimate of drug-likeness (QED) is 0.302. The number of piperidine rings is 1. The normalized spacial score (nSPS) is 15.4. The molecule has 7 heteroatoms. The van der Waals surface area contributed by atoms with Gasteiger partial charge in [-0.2, -0.15) is 5.06 Å². The summed E-state index contributed by atoms with van der Waals surface area (Å²) in [6, 6.07) is 11.7. The van der Waals surface area contributed by atoms with Crippen LogP contribution in [0.1, 0.15) is 60.8 Å². The molecule has 2 aromatic carbocycles. The number of carbonyl (C=O) groups is 1. The molecule has 0 radical (unpaired) electrons. The van der Waals surface area contributed by atoms with Crippen LogP contribution in [0.3, 0.4) is 0 Å². The molecule has 1 saturated heterocycles. The Hall–Kier alpha value is -2.35. The Morgan fingerprint density at radius 2 is 1.65 bits per heavy atom. The van der Waals surface area contributed by atoms with Crippen LogP contribution in [0.4, 0.5) is 16.2 Å². The number of ether oxygens (including phenoxy) is 2. The largest absolute Gasteiger partial charge is 0.442 e. The van der Waals surface area contributed by atoms with Crippen LogP contribution in [0.5, 0.6) is 0 Å². The molecule has 1 aliphatic rings. The molecule has 0 atom stereocenters. The van der Waals surface area contributed by atoms with Crippen LogP contribution >= 0.6 is 0 Å². The summed E-state index contributed by atoms with van der Waals surface area (Å²) < 4.78 is 11.7. The van der Waals surface area contributed by atoms with Crippen molar-refractivity contribution in [2.24, 2.45) is 0 Å². The molecule has 0 spiro atoms. The number of hydrogen-bond donors (Lipinski definition) is 1. The molecular weight excluding hydrogens is 430 g/mol. The maximum atomic E-state index is 12.8. The van der Waals surface area contributed by atoms with Gasteiger partial charge in [0.1, 0.15) is 18.0 Å². The lowest BCUT2D eigenvalue weighted by Gasteiger charge is -2.35. The van der Waals surface area contributed by atoms with Gasteiger partial charge < -0.3 is 19.3 Å². The molecule has 1 aliphatic heterocycles. The first-order valence-corrected chi connectivity index (χ1v) is 12.3. The minimum Gasteiger partial charge on any atom is -0.442 e. The van der Waals surface area contributed by atoms with Crippen LogP contribution in [0, 0.1) is 0 Å². The minimum atomic E-state index is -0.809. The number of amides is 1. The predicted molar refractivity (Wildman–Crippen MR) is 138 cm³/mol. The second kappa shape index (κ2) is 10.9. The zero-order valence-electron chi connectivity index (χ0n) is 21.6. The van der Waals surface area contributed by atoms with Gasteiger partial charge in [0.05, 0.1) is 11.3 Å². The van der Waals surface area contributed by atoms with Gasteiger partial charge >= 0.3 is 6.09 Å². The molecule has 1 heterocycles. The second-order valence-electron chi connectivity index (χ2n) is 11.0. The van der Waals surface area contributed by atoms with Gasteiger partial charge in [-0.15, -0.1) is 0 Å². The number of fused-ring (bicyclic) bond motifs is 1. The van der Waals surface area contributed by atoms with Gasteiger partial charge in [0, 0.05) is 18.5 Å². The van der Waals surface area contributed by atoms with Crippen LogP contribution in [0.2, 0.25) is 0 Å². The van der Waals surface area contributed by atoms with E-state index < -0.39 is 11.7 Å². The van der Waals surface area contributed by atoms with Crippen molar-refractivity contribution in [2.45, 2.75) is 72.0 Å². The highest BCUT2D eigenvalue weighted by Crippen LogP contribution is 2.37. The van der Waals surface area contributed by atoms with E-state index in [1.807, 2.05) is 51.1 Å². The van der Waals surface area contributed by atoms with E-state index in [0.29, 0.717) is 24.0 Å². The minimum absolute atomic E-state index is 0.334. The predicted octanol–water partition coefficient (Wildman–Crippen LogP) is 6.04. The summed E-state index contributed by atoms with van der Waals surface area (Å²) in [7, 11) is 0. The van der Waals surface area contributed by atoms with Crippen molar-refractivity contribution in [3.63, 3.8) is 0 Å². The molecule has 7 nitrogen and oxygen atoms in total. The Bertz CT molecular complexity index is 958. The average molecular weight is 472 g/mol. The first-order chi connectivity index (χ1) is 15.9. The van der Waals surface area contributed by atoms with E-state index in [2.05, 4.69) is 9.80 Å². The topological polar surface area (TPSA) is 65.5 Å². The number of hydrogen-bond acceptors (Lipinski definition) is 6. The molecule has 0 saturated carbocycles. The number of hydroxylamine groups is 1. The number of rotatable bonds is 7. The van der Waals surface area contributed by atoms with Gasteiger partial charge in [-0.3, -0.25) is 5.21 Å². The van der Waals surface area contributed by atoms with Crippen LogP contribution in [0.15, 0.2) is 36.4 Å². The van der Waals surface area contributed by atoms with E-state index in [0.717, 1.165) is 36.1 Å².